The molecule has 0 unspecified atom stereocenters. The number of anilines is 2. The number of hydrogen-bond donors (Lipinski definition) is 3. The van der Waals surface area contributed by atoms with Gasteiger partial charge < -0.3 is 10.6 Å². The maximum Gasteiger partial charge on any atom is 0.231 e. The van der Waals surface area contributed by atoms with Crippen LogP contribution in [0.5, 0.6) is 0 Å². The topological polar surface area (TPSA) is 65.0 Å². The van der Waals surface area contributed by atoms with Crippen molar-refractivity contribution in [3.63, 3.8) is 0 Å². The van der Waals surface area contributed by atoms with Crippen molar-refractivity contribution in [2.45, 2.75) is 0 Å². The standard InChI is InChI=1S/C13H14N2.CHNO/c1-3-7-12(8-4-1)14-11-15-13-9-5-2-6-10-13;2-1-3/h1-10,14-15H,11H2;2H. The number of isocyanates is 1. The van der Waals surface area contributed by atoms with Gasteiger partial charge in [-0.2, -0.15) is 0 Å². The average molecular weight is 241 g/mol. The fourth-order valence-electron chi connectivity index (χ4n) is 1.36. The van der Waals surface area contributed by atoms with Crippen LogP contribution in [0.2, 0.25) is 0 Å². The third-order valence-electron chi connectivity index (χ3n) is 2.13. The van der Waals surface area contributed by atoms with Crippen molar-refractivity contribution in [1.82, 2.24) is 0 Å². The molecule has 0 atom stereocenters. The van der Waals surface area contributed by atoms with Gasteiger partial charge in [-0.3, -0.25) is 0 Å². The van der Waals surface area contributed by atoms with Crippen LogP contribution in [0.4, 0.5) is 11.4 Å². The van der Waals surface area contributed by atoms with Crippen LogP contribution in [0, 0.1) is 5.41 Å². The van der Waals surface area contributed by atoms with Gasteiger partial charge in [-0.1, -0.05) is 36.4 Å². The summed E-state index contributed by atoms with van der Waals surface area (Å²) >= 11 is 0. The minimum atomic E-state index is 0.730. The van der Waals surface area contributed by atoms with Crippen molar-refractivity contribution in [1.29, 1.82) is 5.41 Å². The third kappa shape index (κ3) is 5.49. The number of rotatable bonds is 4. The van der Waals surface area contributed by atoms with E-state index < -0.39 is 0 Å². The summed E-state index contributed by atoms with van der Waals surface area (Å²) in [6.45, 7) is 0.730. The highest BCUT2D eigenvalue weighted by Gasteiger charge is 1.89. The van der Waals surface area contributed by atoms with Gasteiger partial charge >= 0.3 is 0 Å². The average Bonchev–Trinajstić information content (AvgIpc) is 2.42. The lowest BCUT2D eigenvalue weighted by Gasteiger charge is -2.08. The minimum Gasteiger partial charge on any atom is -0.368 e. The molecule has 2 rings (SSSR count). The highest BCUT2D eigenvalue weighted by Crippen LogP contribution is 2.06. The van der Waals surface area contributed by atoms with E-state index in [0.717, 1.165) is 24.1 Å². The van der Waals surface area contributed by atoms with Gasteiger partial charge in [0.2, 0.25) is 6.08 Å². The Morgan fingerprint density at radius 1 is 0.833 bits per heavy atom. The van der Waals surface area contributed by atoms with Crippen LogP contribution in [0.1, 0.15) is 0 Å². The molecule has 0 aliphatic heterocycles. The highest BCUT2D eigenvalue weighted by atomic mass is 16.1. The number of carbonyl (C=O) groups excluding carboxylic acids is 1. The lowest BCUT2D eigenvalue weighted by atomic mass is 10.3. The monoisotopic (exact) mass is 241 g/mol. The fraction of sp³-hybridized carbons (Fsp3) is 0.0714. The summed E-state index contributed by atoms with van der Waals surface area (Å²) in [5.41, 5.74) is 2.25. The predicted molar refractivity (Wildman–Crippen MR) is 73.4 cm³/mol. The first-order chi connectivity index (χ1) is 8.86. The maximum absolute atomic E-state index is 8.35. The van der Waals surface area contributed by atoms with E-state index in [9.17, 15) is 0 Å². The molecule has 0 radical (unpaired) electrons. The van der Waals surface area contributed by atoms with Crippen molar-refractivity contribution in [2.24, 2.45) is 0 Å². The molecular weight excluding hydrogens is 226 g/mol. The molecule has 0 saturated carbocycles. The van der Waals surface area contributed by atoms with Crippen molar-refractivity contribution in [3.05, 3.63) is 60.7 Å². The van der Waals surface area contributed by atoms with Crippen molar-refractivity contribution >= 4 is 17.5 Å². The van der Waals surface area contributed by atoms with Crippen molar-refractivity contribution in [2.75, 3.05) is 17.3 Å². The Kier molecular flexibility index (Phi) is 6.41. The van der Waals surface area contributed by atoms with Gasteiger partial charge in [-0.15, -0.1) is 0 Å². The summed E-state index contributed by atoms with van der Waals surface area (Å²) in [5.74, 6) is 0. The normalized spacial score (nSPS) is 8.44. The maximum atomic E-state index is 8.35. The van der Waals surface area contributed by atoms with E-state index in [1.807, 2.05) is 60.7 Å². The van der Waals surface area contributed by atoms with Crippen LogP contribution >= 0.6 is 0 Å². The first kappa shape index (κ1) is 13.5. The SMILES string of the molecule is N=C=O.c1ccc(NCNc2ccccc2)cc1. The summed E-state index contributed by atoms with van der Waals surface area (Å²) in [6, 6.07) is 20.3. The number of hydrogen-bond acceptors (Lipinski definition) is 4. The molecule has 3 N–H and O–H groups in total. The van der Waals surface area contributed by atoms with E-state index in [-0.39, 0.29) is 0 Å². The molecule has 0 fully saturated rings. The van der Waals surface area contributed by atoms with Crippen molar-refractivity contribution in [3.8, 4) is 0 Å². The van der Waals surface area contributed by atoms with Gasteiger partial charge in [0.25, 0.3) is 0 Å². The van der Waals surface area contributed by atoms with Gasteiger partial charge in [-0.25, -0.2) is 10.2 Å². The molecule has 0 spiro atoms. The molecule has 0 aliphatic rings. The predicted octanol–water partition coefficient (Wildman–Crippen LogP) is 3.07. The zero-order valence-electron chi connectivity index (χ0n) is 9.89. The van der Waals surface area contributed by atoms with E-state index in [4.69, 9.17) is 10.2 Å². The van der Waals surface area contributed by atoms with Crippen LogP contribution < -0.4 is 10.6 Å². The van der Waals surface area contributed by atoms with Gasteiger partial charge in [0, 0.05) is 11.4 Å². The molecule has 92 valence electrons. The molecule has 18 heavy (non-hydrogen) atoms. The second kappa shape index (κ2) is 8.56. The fourth-order valence-corrected chi connectivity index (χ4v) is 1.36. The Balaban J connectivity index is 0.000000492. The number of benzene rings is 2. The Bertz CT molecular complexity index is 425. The molecular formula is C14H15N3O. The van der Waals surface area contributed by atoms with Crippen LogP contribution in [0.25, 0.3) is 0 Å². The summed E-state index contributed by atoms with van der Waals surface area (Å²) in [6.07, 6.45) is 0.750. The third-order valence-corrected chi connectivity index (χ3v) is 2.13. The molecule has 4 heteroatoms. The van der Waals surface area contributed by atoms with Gasteiger partial charge in [-0.05, 0) is 24.3 Å². The molecule has 0 aliphatic carbocycles. The Morgan fingerprint density at radius 2 is 1.17 bits per heavy atom. The van der Waals surface area contributed by atoms with E-state index in [1.54, 1.807) is 0 Å². The Labute approximate surface area is 106 Å². The quantitative estimate of drug-likeness (QED) is 0.438. The smallest absolute Gasteiger partial charge is 0.231 e. The van der Waals surface area contributed by atoms with Crippen LogP contribution in [-0.4, -0.2) is 12.7 Å². The zero-order chi connectivity index (χ0) is 13.1. The summed E-state index contributed by atoms with van der Waals surface area (Å²) in [5, 5.41) is 12.0. The minimum absolute atomic E-state index is 0.730. The van der Waals surface area contributed by atoms with E-state index in [0.29, 0.717) is 0 Å². The highest BCUT2D eigenvalue weighted by molar-refractivity contribution is 5.47. The largest absolute Gasteiger partial charge is 0.368 e. The van der Waals surface area contributed by atoms with Crippen LogP contribution in [-0.2, 0) is 4.79 Å². The summed E-state index contributed by atoms with van der Waals surface area (Å²) < 4.78 is 0. The molecule has 4 nitrogen and oxygen atoms in total. The van der Waals surface area contributed by atoms with Gasteiger partial charge in [0.1, 0.15) is 0 Å². The first-order valence-electron chi connectivity index (χ1n) is 5.48. The molecule has 0 aromatic heterocycles. The van der Waals surface area contributed by atoms with Gasteiger partial charge in [0.05, 0.1) is 6.67 Å². The Hall–Kier alpha value is -2.58. The van der Waals surface area contributed by atoms with E-state index >= 15 is 0 Å². The lowest BCUT2D eigenvalue weighted by molar-refractivity contribution is 0.563. The molecule has 0 saturated heterocycles. The molecule has 2 aromatic carbocycles. The lowest BCUT2D eigenvalue weighted by Crippen LogP contribution is -2.11. The Morgan fingerprint density at radius 3 is 1.50 bits per heavy atom. The molecule has 0 amide bonds. The van der Waals surface area contributed by atoms with Crippen molar-refractivity contribution < 1.29 is 4.79 Å². The van der Waals surface area contributed by atoms with Crippen LogP contribution in [0.15, 0.2) is 60.7 Å². The second-order valence-electron chi connectivity index (χ2n) is 3.36. The zero-order valence-corrected chi connectivity index (χ0v) is 9.89. The summed E-state index contributed by atoms with van der Waals surface area (Å²) in [7, 11) is 0. The second-order valence-corrected chi connectivity index (χ2v) is 3.36. The van der Waals surface area contributed by atoms with Crippen LogP contribution in [0.3, 0.4) is 0 Å². The van der Waals surface area contributed by atoms with Gasteiger partial charge in [0.15, 0.2) is 0 Å². The molecule has 0 bridgehead atoms. The van der Waals surface area contributed by atoms with E-state index in [1.165, 1.54) is 0 Å². The number of para-hydroxylation sites is 2. The number of nitrogens with one attached hydrogen (secondary N) is 3. The van der Waals surface area contributed by atoms with E-state index in [2.05, 4.69) is 10.6 Å². The molecule has 0 heterocycles. The summed E-state index contributed by atoms with van der Waals surface area (Å²) in [4.78, 5) is 8.35. The first-order valence-corrected chi connectivity index (χ1v) is 5.48. The molecule has 2 aromatic rings.